The first-order valence-corrected chi connectivity index (χ1v) is 8.31. The molecule has 0 aromatic carbocycles. The quantitative estimate of drug-likeness (QED) is 0.822. The number of piperidine rings is 1. The molecule has 0 aliphatic carbocycles. The van der Waals surface area contributed by atoms with E-state index in [4.69, 9.17) is 10.2 Å². The summed E-state index contributed by atoms with van der Waals surface area (Å²) in [6, 6.07) is 1.28. The number of hydrogen-bond acceptors (Lipinski definition) is 6. The van der Waals surface area contributed by atoms with E-state index in [2.05, 4.69) is 4.74 Å². The number of carbonyl (C=O) groups is 1. The normalized spacial score (nSPS) is 17.9. The maximum Gasteiger partial charge on any atom is 0.373 e. The van der Waals surface area contributed by atoms with Crippen molar-refractivity contribution >= 4 is 16.0 Å². The molecule has 1 aromatic rings. The first-order chi connectivity index (χ1) is 9.90. The van der Waals surface area contributed by atoms with E-state index in [-0.39, 0.29) is 22.5 Å². The van der Waals surface area contributed by atoms with Crippen molar-refractivity contribution < 1.29 is 22.4 Å². The average Bonchev–Trinajstić information content (AvgIpc) is 2.92. The molecule has 1 aromatic heterocycles. The average molecular weight is 316 g/mol. The second-order valence-corrected chi connectivity index (χ2v) is 6.89. The fourth-order valence-corrected chi connectivity index (χ4v) is 4.03. The van der Waals surface area contributed by atoms with Crippen LogP contribution >= 0.6 is 0 Å². The summed E-state index contributed by atoms with van der Waals surface area (Å²) in [4.78, 5) is 11.5. The number of rotatable bonds is 4. The van der Waals surface area contributed by atoms with Gasteiger partial charge in [0.1, 0.15) is 10.7 Å². The van der Waals surface area contributed by atoms with Gasteiger partial charge < -0.3 is 14.9 Å². The van der Waals surface area contributed by atoms with E-state index in [1.807, 2.05) is 0 Å². The van der Waals surface area contributed by atoms with Crippen LogP contribution in [0, 0.1) is 0 Å². The molecule has 0 unspecified atom stereocenters. The van der Waals surface area contributed by atoms with Gasteiger partial charge in [-0.05, 0) is 12.8 Å². The molecular formula is C13H20N2O5S. The third-order valence-electron chi connectivity index (χ3n) is 3.59. The summed E-state index contributed by atoms with van der Waals surface area (Å²) in [6.07, 6.45) is 1.63. The molecule has 8 heteroatoms. The van der Waals surface area contributed by atoms with Crippen LogP contribution in [0.4, 0.5) is 0 Å². The number of hydrogen-bond donors (Lipinski definition) is 1. The van der Waals surface area contributed by atoms with Crippen molar-refractivity contribution in [3.63, 3.8) is 0 Å². The van der Waals surface area contributed by atoms with Crippen LogP contribution in [-0.2, 0) is 21.2 Å². The number of ether oxygens (including phenoxy) is 1. The Morgan fingerprint density at radius 3 is 2.62 bits per heavy atom. The van der Waals surface area contributed by atoms with Crippen molar-refractivity contribution in [1.82, 2.24) is 4.31 Å². The number of aryl methyl sites for hydroxylation is 1. The van der Waals surface area contributed by atoms with Gasteiger partial charge in [0, 0.05) is 31.6 Å². The Morgan fingerprint density at radius 1 is 1.48 bits per heavy atom. The second kappa shape index (κ2) is 6.17. The molecule has 1 saturated heterocycles. The minimum Gasteiger partial charge on any atom is -0.463 e. The van der Waals surface area contributed by atoms with Crippen molar-refractivity contribution in [1.29, 1.82) is 0 Å². The van der Waals surface area contributed by atoms with Gasteiger partial charge in [-0.3, -0.25) is 0 Å². The van der Waals surface area contributed by atoms with Crippen molar-refractivity contribution in [2.45, 2.75) is 37.1 Å². The van der Waals surface area contributed by atoms with E-state index in [0.29, 0.717) is 32.4 Å². The third-order valence-corrected chi connectivity index (χ3v) is 5.54. The van der Waals surface area contributed by atoms with E-state index in [1.165, 1.54) is 17.5 Å². The molecular weight excluding hydrogens is 296 g/mol. The fraction of sp³-hybridized carbons (Fsp3) is 0.615. The number of sulfonamides is 1. The smallest absolute Gasteiger partial charge is 0.373 e. The molecule has 2 N–H and O–H groups in total. The molecule has 1 fully saturated rings. The molecule has 1 aliphatic rings. The van der Waals surface area contributed by atoms with Crippen LogP contribution in [0.5, 0.6) is 0 Å². The standard InChI is InChI=1S/C13H20N2O5S/c1-3-10-12(8-11(20-10)13(16)19-2)21(17,18)15-6-4-9(14)5-7-15/h8-9H,3-7,14H2,1-2H3. The van der Waals surface area contributed by atoms with E-state index in [1.54, 1.807) is 6.92 Å². The van der Waals surface area contributed by atoms with Gasteiger partial charge in [-0.15, -0.1) is 0 Å². The summed E-state index contributed by atoms with van der Waals surface area (Å²) in [5.41, 5.74) is 5.80. The molecule has 0 amide bonds. The largest absolute Gasteiger partial charge is 0.463 e. The van der Waals surface area contributed by atoms with Crippen molar-refractivity contribution in [3.8, 4) is 0 Å². The molecule has 7 nitrogen and oxygen atoms in total. The van der Waals surface area contributed by atoms with Gasteiger partial charge in [0.15, 0.2) is 0 Å². The van der Waals surface area contributed by atoms with Crippen LogP contribution in [0.25, 0.3) is 0 Å². The van der Waals surface area contributed by atoms with E-state index < -0.39 is 16.0 Å². The number of carbonyl (C=O) groups excluding carboxylic acids is 1. The molecule has 2 rings (SSSR count). The molecule has 118 valence electrons. The zero-order valence-electron chi connectivity index (χ0n) is 12.2. The Hall–Kier alpha value is -1.38. The highest BCUT2D eigenvalue weighted by Crippen LogP contribution is 2.27. The van der Waals surface area contributed by atoms with Crippen LogP contribution in [0.1, 0.15) is 36.1 Å². The number of nitrogens with zero attached hydrogens (tertiary/aromatic N) is 1. The Morgan fingerprint density at radius 2 is 2.10 bits per heavy atom. The summed E-state index contributed by atoms with van der Waals surface area (Å²) in [6.45, 7) is 2.53. The first-order valence-electron chi connectivity index (χ1n) is 6.87. The number of furan rings is 1. The predicted octanol–water partition coefficient (Wildman–Crippen LogP) is 0.740. The maximum absolute atomic E-state index is 12.7. The zero-order chi connectivity index (χ0) is 15.6. The van der Waals surface area contributed by atoms with Crippen LogP contribution in [-0.4, -0.2) is 44.9 Å². The van der Waals surface area contributed by atoms with Crippen LogP contribution in [0.3, 0.4) is 0 Å². The summed E-state index contributed by atoms with van der Waals surface area (Å²) in [5.74, 6) is -0.515. The molecule has 0 saturated carbocycles. The predicted molar refractivity (Wildman–Crippen MR) is 75.4 cm³/mol. The van der Waals surface area contributed by atoms with Gasteiger partial charge in [-0.2, -0.15) is 4.31 Å². The van der Waals surface area contributed by atoms with E-state index >= 15 is 0 Å². The molecule has 0 atom stereocenters. The minimum absolute atomic E-state index is 0.0390. The maximum atomic E-state index is 12.7. The molecule has 0 spiro atoms. The lowest BCUT2D eigenvalue weighted by Gasteiger charge is -2.29. The monoisotopic (exact) mass is 316 g/mol. The Kier molecular flexibility index (Phi) is 4.70. The lowest BCUT2D eigenvalue weighted by atomic mass is 10.1. The summed E-state index contributed by atoms with van der Waals surface area (Å²) in [5, 5.41) is 0. The number of nitrogens with two attached hydrogens (primary N) is 1. The zero-order valence-corrected chi connectivity index (χ0v) is 13.0. The first kappa shape index (κ1) is 16.0. The van der Waals surface area contributed by atoms with Gasteiger partial charge in [0.2, 0.25) is 15.8 Å². The van der Waals surface area contributed by atoms with Gasteiger partial charge in [0.05, 0.1) is 7.11 Å². The number of esters is 1. The molecule has 2 heterocycles. The summed E-state index contributed by atoms with van der Waals surface area (Å²) < 4.78 is 36.6. The van der Waals surface area contributed by atoms with Gasteiger partial charge in [-0.1, -0.05) is 6.92 Å². The minimum atomic E-state index is -3.67. The lowest BCUT2D eigenvalue weighted by molar-refractivity contribution is 0.0563. The highest BCUT2D eigenvalue weighted by molar-refractivity contribution is 7.89. The van der Waals surface area contributed by atoms with E-state index in [0.717, 1.165) is 0 Å². The molecule has 21 heavy (non-hydrogen) atoms. The summed E-state index contributed by atoms with van der Waals surface area (Å²) in [7, 11) is -2.45. The molecule has 0 radical (unpaired) electrons. The molecule has 0 bridgehead atoms. The second-order valence-electron chi connectivity index (χ2n) is 4.98. The Bertz CT molecular complexity index is 615. The Balaban J connectivity index is 2.35. The lowest BCUT2D eigenvalue weighted by Crippen LogP contribution is -2.42. The number of methoxy groups -OCH3 is 1. The van der Waals surface area contributed by atoms with Crippen LogP contribution in [0.15, 0.2) is 15.4 Å². The third kappa shape index (κ3) is 3.12. The highest BCUT2D eigenvalue weighted by Gasteiger charge is 2.33. The van der Waals surface area contributed by atoms with Gasteiger partial charge in [0.25, 0.3) is 0 Å². The Labute approximate surface area is 124 Å². The SMILES string of the molecule is CCc1oc(C(=O)OC)cc1S(=O)(=O)N1CCC(N)CC1. The fourth-order valence-electron chi connectivity index (χ4n) is 2.33. The molecule has 1 aliphatic heterocycles. The van der Waals surface area contributed by atoms with Crippen LogP contribution < -0.4 is 5.73 Å². The van der Waals surface area contributed by atoms with Gasteiger partial charge >= 0.3 is 5.97 Å². The highest BCUT2D eigenvalue weighted by atomic mass is 32.2. The van der Waals surface area contributed by atoms with Gasteiger partial charge in [-0.25, -0.2) is 13.2 Å². The van der Waals surface area contributed by atoms with Crippen molar-refractivity contribution in [3.05, 3.63) is 17.6 Å². The van der Waals surface area contributed by atoms with Crippen LogP contribution in [0.2, 0.25) is 0 Å². The van der Waals surface area contributed by atoms with Crippen molar-refractivity contribution in [2.75, 3.05) is 20.2 Å². The van der Waals surface area contributed by atoms with E-state index in [9.17, 15) is 13.2 Å². The van der Waals surface area contributed by atoms with Crippen molar-refractivity contribution in [2.24, 2.45) is 5.73 Å². The topological polar surface area (TPSA) is 103 Å². The summed E-state index contributed by atoms with van der Waals surface area (Å²) >= 11 is 0.